The van der Waals surface area contributed by atoms with Crippen molar-refractivity contribution in [2.45, 2.75) is 25.6 Å². The van der Waals surface area contributed by atoms with Gasteiger partial charge in [-0.15, -0.1) is 12.4 Å². The molecule has 0 saturated heterocycles. The molecule has 0 aliphatic heterocycles. The summed E-state index contributed by atoms with van der Waals surface area (Å²) in [6, 6.07) is 2.61. The van der Waals surface area contributed by atoms with Crippen LogP contribution in [-0.4, -0.2) is 6.18 Å². The zero-order chi connectivity index (χ0) is 11.6. The first-order valence-electron chi connectivity index (χ1n) is 4.38. The lowest BCUT2D eigenvalue weighted by atomic mass is 10.0. The second-order valence-electron chi connectivity index (χ2n) is 3.45. The summed E-state index contributed by atoms with van der Waals surface area (Å²) in [4.78, 5) is 0. The third-order valence-corrected chi connectivity index (χ3v) is 2.00. The highest BCUT2D eigenvalue weighted by Gasteiger charge is 2.31. The first-order chi connectivity index (χ1) is 6.79. The molecule has 0 aliphatic rings. The number of benzene rings is 1. The second kappa shape index (κ2) is 5.50. The quantitative estimate of drug-likeness (QED) is 0.806. The molecule has 92 valence electrons. The minimum Gasteiger partial charge on any atom is -0.324 e. The Morgan fingerprint density at radius 3 is 2.38 bits per heavy atom. The van der Waals surface area contributed by atoms with Crippen LogP contribution in [0.2, 0.25) is 0 Å². The topological polar surface area (TPSA) is 26.0 Å². The SMILES string of the molecule is Cc1ccc(F)c([C@@H](N)CC(F)(F)F)c1.Cl. The summed E-state index contributed by atoms with van der Waals surface area (Å²) in [6.45, 7) is 1.67. The number of hydrogen-bond donors (Lipinski definition) is 1. The molecule has 0 radical (unpaired) electrons. The van der Waals surface area contributed by atoms with Gasteiger partial charge < -0.3 is 5.73 Å². The molecule has 0 aliphatic carbocycles. The normalized spacial score (nSPS) is 13.1. The Morgan fingerprint density at radius 2 is 1.88 bits per heavy atom. The third-order valence-electron chi connectivity index (χ3n) is 2.00. The Hall–Kier alpha value is -0.810. The lowest BCUT2D eigenvalue weighted by Crippen LogP contribution is -2.21. The molecule has 1 aromatic carbocycles. The van der Waals surface area contributed by atoms with Crippen LogP contribution < -0.4 is 5.73 Å². The molecule has 0 fully saturated rings. The monoisotopic (exact) mass is 257 g/mol. The van der Waals surface area contributed by atoms with Crippen molar-refractivity contribution in [2.75, 3.05) is 0 Å². The van der Waals surface area contributed by atoms with E-state index in [1.54, 1.807) is 6.92 Å². The molecule has 0 saturated carbocycles. The number of nitrogens with two attached hydrogens (primary N) is 1. The zero-order valence-corrected chi connectivity index (χ0v) is 9.33. The van der Waals surface area contributed by atoms with Crippen molar-refractivity contribution in [3.05, 3.63) is 35.1 Å². The lowest BCUT2D eigenvalue weighted by Gasteiger charge is -2.15. The van der Waals surface area contributed by atoms with E-state index in [9.17, 15) is 17.6 Å². The summed E-state index contributed by atoms with van der Waals surface area (Å²) in [7, 11) is 0. The lowest BCUT2D eigenvalue weighted by molar-refractivity contribution is -0.138. The van der Waals surface area contributed by atoms with Crippen LogP contribution in [0.5, 0.6) is 0 Å². The molecule has 1 aromatic rings. The zero-order valence-electron chi connectivity index (χ0n) is 8.51. The van der Waals surface area contributed by atoms with E-state index in [-0.39, 0.29) is 18.0 Å². The largest absolute Gasteiger partial charge is 0.390 e. The summed E-state index contributed by atoms with van der Waals surface area (Å²) < 4.78 is 49.2. The number of halogens is 5. The molecule has 0 spiro atoms. The number of rotatable bonds is 2. The average molecular weight is 258 g/mol. The predicted octanol–water partition coefficient (Wildman–Crippen LogP) is 3.51. The molecule has 1 atom stereocenters. The highest BCUT2D eigenvalue weighted by Crippen LogP contribution is 2.29. The molecule has 0 amide bonds. The predicted molar refractivity (Wildman–Crippen MR) is 56.0 cm³/mol. The molecule has 1 rings (SSSR count). The molecule has 16 heavy (non-hydrogen) atoms. The molecular weight excluding hydrogens is 246 g/mol. The smallest absolute Gasteiger partial charge is 0.324 e. The van der Waals surface area contributed by atoms with Gasteiger partial charge in [0.2, 0.25) is 0 Å². The summed E-state index contributed by atoms with van der Waals surface area (Å²) in [5.41, 5.74) is 5.88. The van der Waals surface area contributed by atoms with Crippen molar-refractivity contribution in [3.63, 3.8) is 0 Å². The van der Waals surface area contributed by atoms with Crippen molar-refractivity contribution < 1.29 is 17.6 Å². The number of hydrogen-bond acceptors (Lipinski definition) is 1. The fourth-order valence-corrected chi connectivity index (χ4v) is 1.31. The van der Waals surface area contributed by atoms with Crippen LogP contribution in [0.25, 0.3) is 0 Å². The van der Waals surface area contributed by atoms with Crippen molar-refractivity contribution in [1.82, 2.24) is 0 Å². The van der Waals surface area contributed by atoms with Crippen LogP contribution in [0.4, 0.5) is 17.6 Å². The Bertz CT molecular complexity index is 351. The van der Waals surface area contributed by atoms with E-state index in [4.69, 9.17) is 5.73 Å². The van der Waals surface area contributed by atoms with E-state index in [1.807, 2.05) is 0 Å². The van der Waals surface area contributed by atoms with E-state index in [1.165, 1.54) is 12.1 Å². The van der Waals surface area contributed by atoms with Gasteiger partial charge in [-0.3, -0.25) is 0 Å². The molecule has 0 aromatic heterocycles. The van der Waals surface area contributed by atoms with E-state index in [0.29, 0.717) is 5.56 Å². The van der Waals surface area contributed by atoms with Crippen molar-refractivity contribution in [3.8, 4) is 0 Å². The molecule has 1 nitrogen and oxygen atoms in total. The van der Waals surface area contributed by atoms with Gasteiger partial charge in [0.05, 0.1) is 6.42 Å². The van der Waals surface area contributed by atoms with Gasteiger partial charge in [0.1, 0.15) is 5.82 Å². The summed E-state index contributed by atoms with van der Waals surface area (Å²) in [5.74, 6) is -0.697. The minimum atomic E-state index is -4.38. The van der Waals surface area contributed by atoms with Crippen LogP contribution in [-0.2, 0) is 0 Å². The molecule has 0 heterocycles. The molecule has 0 bridgehead atoms. The van der Waals surface area contributed by atoms with Gasteiger partial charge in [-0.25, -0.2) is 4.39 Å². The fraction of sp³-hybridized carbons (Fsp3) is 0.400. The Kier molecular flexibility index (Phi) is 5.22. The van der Waals surface area contributed by atoms with Crippen LogP contribution >= 0.6 is 12.4 Å². The first-order valence-corrected chi connectivity index (χ1v) is 4.38. The summed E-state index contributed by atoms with van der Waals surface area (Å²) >= 11 is 0. The van der Waals surface area contributed by atoms with Gasteiger partial charge >= 0.3 is 6.18 Å². The van der Waals surface area contributed by atoms with Gasteiger partial charge in [0.25, 0.3) is 0 Å². The second-order valence-corrected chi connectivity index (χ2v) is 3.45. The van der Waals surface area contributed by atoms with Crippen molar-refractivity contribution >= 4 is 12.4 Å². The summed E-state index contributed by atoms with van der Waals surface area (Å²) in [5, 5.41) is 0. The Labute approximate surface area is 97.0 Å². The standard InChI is InChI=1S/C10H11F4N.ClH/c1-6-2-3-8(11)7(4-6)9(15)5-10(12,13)14;/h2-4,9H,5,15H2,1H3;1H/t9-;/m0./s1. The van der Waals surface area contributed by atoms with E-state index < -0.39 is 24.5 Å². The first kappa shape index (κ1) is 15.2. The molecule has 0 unspecified atom stereocenters. The number of aryl methyl sites for hydroxylation is 1. The van der Waals surface area contributed by atoms with Crippen LogP contribution in [0, 0.1) is 12.7 Å². The Morgan fingerprint density at radius 1 is 1.31 bits per heavy atom. The van der Waals surface area contributed by atoms with E-state index in [2.05, 4.69) is 0 Å². The minimum absolute atomic E-state index is 0. The molecule has 6 heteroatoms. The van der Waals surface area contributed by atoms with Gasteiger partial charge in [-0.05, 0) is 13.0 Å². The maximum absolute atomic E-state index is 13.1. The van der Waals surface area contributed by atoms with Crippen LogP contribution in [0.3, 0.4) is 0 Å². The van der Waals surface area contributed by atoms with Crippen LogP contribution in [0.1, 0.15) is 23.6 Å². The van der Waals surface area contributed by atoms with Gasteiger partial charge in [0, 0.05) is 11.6 Å². The fourth-order valence-electron chi connectivity index (χ4n) is 1.31. The van der Waals surface area contributed by atoms with Crippen molar-refractivity contribution in [1.29, 1.82) is 0 Å². The molecule has 2 N–H and O–H groups in total. The Balaban J connectivity index is 0.00000225. The third kappa shape index (κ3) is 4.37. The van der Waals surface area contributed by atoms with Gasteiger partial charge in [0.15, 0.2) is 0 Å². The van der Waals surface area contributed by atoms with Crippen molar-refractivity contribution in [2.24, 2.45) is 5.73 Å². The van der Waals surface area contributed by atoms with E-state index >= 15 is 0 Å². The van der Waals surface area contributed by atoms with Gasteiger partial charge in [-0.2, -0.15) is 13.2 Å². The highest BCUT2D eigenvalue weighted by molar-refractivity contribution is 5.85. The maximum Gasteiger partial charge on any atom is 0.390 e. The molecular formula is C10H12ClF4N. The van der Waals surface area contributed by atoms with Crippen LogP contribution in [0.15, 0.2) is 18.2 Å². The maximum atomic E-state index is 13.1. The average Bonchev–Trinajstić information content (AvgIpc) is 2.06. The highest BCUT2D eigenvalue weighted by atomic mass is 35.5. The van der Waals surface area contributed by atoms with Gasteiger partial charge in [-0.1, -0.05) is 17.7 Å². The number of alkyl halides is 3. The van der Waals surface area contributed by atoms with E-state index in [0.717, 1.165) is 6.07 Å². The summed E-state index contributed by atoms with van der Waals surface area (Å²) in [6.07, 6.45) is -5.59.